The zero-order valence-electron chi connectivity index (χ0n) is 17.3. The second-order valence-corrected chi connectivity index (χ2v) is 7.59. The van der Waals surface area contributed by atoms with E-state index < -0.39 is 10.9 Å². The number of hydrogen-bond donors (Lipinski definition) is 2. The largest absolute Gasteiger partial charge is 0.478 e. The first kappa shape index (κ1) is 22.9. The number of rotatable bonds is 9. The summed E-state index contributed by atoms with van der Waals surface area (Å²) in [6.07, 6.45) is 0.703. The first-order valence-corrected chi connectivity index (χ1v) is 10.5. The molecular formula is C24H23N3O4S. The van der Waals surface area contributed by atoms with Gasteiger partial charge in [0.25, 0.3) is 5.69 Å². The molecular weight excluding hydrogens is 426 g/mol. The van der Waals surface area contributed by atoms with Crippen molar-refractivity contribution in [1.82, 2.24) is 10.2 Å². The van der Waals surface area contributed by atoms with Crippen molar-refractivity contribution in [2.24, 2.45) is 0 Å². The Morgan fingerprint density at radius 2 is 1.62 bits per heavy atom. The minimum Gasteiger partial charge on any atom is -0.478 e. The molecule has 0 unspecified atom stereocenters. The van der Waals surface area contributed by atoms with Crippen molar-refractivity contribution in [1.29, 1.82) is 0 Å². The Balaban J connectivity index is 1.80. The Bertz CT molecular complexity index is 1090. The van der Waals surface area contributed by atoms with E-state index in [1.54, 1.807) is 0 Å². The van der Waals surface area contributed by atoms with Crippen LogP contribution in [0.1, 0.15) is 27.0 Å². The molecule has 7 nitrogen and oxygen atoms in total. The summed E-state index contributed by atoms with van der Waals surface area (Å²) in [5.74, 6) is -1.21. The smallest absolute Gasteiger partial charge is 0.335 e. The topological polar surface area (TPSA) is 95.7 Å². The molecule has 0 saturated carbocycles. The summed E-state index contributed by atoms with van der Waals surface area (Å²) in [5, 5.41) is 24.5. The van der Waals surface area contributed by atoms with E-state index in [4.69, 9.17) is 12.2 Å². The zero-order chi connectivity index (χ0) is 22.9. The average molecular weight is 450 g/mol. The van der Waals surface area contributed by atoms with Crippen LogP contribution in [0.15, 0.2) is 78.9 Å². The van der Waals surface area contributed by atoms with Crippen LogP contribution in [0, 0.1) is 10.1 Å². The molecule has 0 heterocycles. The highest BCUT2D eigenvalue weighted by molar-refractivity contribution is 7.80. The standard InChI is InChI=1S/C24H23N3O4S/c28-23(29)20-11-12-21(22(15-20)27(30)31)17-26(14-13-18-7-3-1-4-8-18)24(32)25-16-19-9-5-2-6-10-19/h1-12,15H,13-14,16-17H2,(H,25,32)(H,28,29). The lowest BCUT2D eigenvalue weighted by atomic mass is 10.1. The maximum Gasteiger partial charge on any atom is 0.335 e. The van der Waals surface area contributed by atoms with Crippen molar-refractivity contribution in [2.75, 3.05) is 6.54 Å². The Morgan fingerprint density at radius 3 is 2.22 bits per heavy atom. The number of carbonyl (C=O) groups is 1. The van der Waals surface area contributed by atoms with Crippen LogP contribution in [0.4, 0.5) is 5.69 Å². The van der Waals surface area contributed by atoms with Gasteiger partial charge in [0.1, 0.15) is 0 Å². The third-order valence-electron chi connectivity index (χ3n) is 4.98. The fourth-order valence-corrected chi connectivity index (χ4v) is 3.48. The van der Waals surface area contributed by atoms with Crippen LogP contribution in [0.25, 0.3) is 0 Å². The number of hydrogen-bond acceptors (Lipinski definition) is 4. The minimum atomic E-state index is -1.21. The van der Waals surface area contributed by atoms with Crippen molar-refractivity contribution in [2.45, 2.75) is 19.5 Å². The fourth-order valence-electron chi connectivity index (χ4n) is 3.25. The quantitative estimate of drug-likeness (QED) is 0.284. The van der Waals surface area contributed by atoms with Gasteiger partial charge in [0, 0.05) is 24.7 Å². The van der Waals surface area contributed by atoms with Crippen LogP contribution in [0.5, 0.6) is 0 Å². The summed E-state index contributed by atoms with van der Waals surface area (Å²) in [6, 6.07) is 23.6. The molecule has 0 saturated heterocycles. The lowest BCUT2D eigenvalue weighted by molar-refractivity contribution is -0.385. The number of nitro benzene ring substituents is 1. The zero-order valence-corrected chi connectivity index (χ0v) is 18.1. The molecule has 0 aromatic heterocycles. The van der Waals surface area contributed by atoms with Gasteiger partial charge in [-0.05, 0) is 41.9 Å². The lowest BCUT2D eigenvalue weighted by Crippen LogP contribution is -2.40. The Morgan fingerprint density at radius 1 is 1.00 bits per heavy atom. The third kappa shape index (κ3) is 6.36. The Labute approximate surface area is 191 Å². The number of nitro groups is 1. The molecule has 0 aliphatic rings. The van der Waals surface area contributed by atoms with Gasteiger partial charge in [-0.15, -0.1) is 0 Å². The molecule has 0 aliphatic carbocycles. The molecule has 3 aromatic carbocycles. The third-order valence-corrected chi connectivity index (χ3v) is 5.38. The second kappa shape index (κ2) is 11.0. The van der Waals surface area contributed by atoms with Gasteiger partial charge >= 0.3 is 5.97 Å². The van der Waals surface area contributed by atoms with Crippen LogP contribution >= 0.6 is 12.2 Å². The summed E-state index contributed by atoms with van der Waals surface area (Å²) in [5.41, 5.74) is 2.23. The van der Waals surface area contributed by atoms with Gasteiger partial charge in [-0.2, -0.15) is 0 Å². The van der Waals surface area contributed by atoms with E-state index in [9.17, 15) is 20.0 Å². The lowest BCUT2D eigenvalue weighted by Gasteiger charge is -2.26. The first-order chi connectivity index (χ1) is 15.4. The van der Waals surface area contributed by atoms with Crippen molar-refractivity contribution in [3.63, 3.8) is 0 Å². The minimum absolute atomic E-state index is 0.124. The van der Waals surface area contributed by atoms with Gasteiger partial charge < -0.3 is 15.3 Å². The molecule has 2 N–H and O–H groups in total. The first-order valence-electron chi connectivity index (χ1n) is 10.1. The molecule has 164 valence electrons. The van der Waals surface area contributed by atoms with Crippen LogP contribution in [-0.2, 0) is 19.5 Å². The number of benzene rings is 3. The number of aromatic carboxylic acids is 1. The molecule has 32 heavy (non-hydrogen) atoms. The predicted molar refractivity (Wildman–Crippen MR) is 126 cm³/mol. The van der Waals surface area contributed by atoms with E-state index >= 15 is 0 Å². The van der Waals surface area contributed by atoms with Crippen LogP contribution in [0.2, 0.25) is 0 Å². The van der Waals surface area contributed by atoms with Crippen molar-refractivity contribution in [3.8, 4) is 0 Å². The number of nitrogens with zero attached hydrogens (tertiary/aromatic N) is 2. The molecule has 0 aliphatic heterocycles. The molecule has 0 fully saturated rings. The van der Waals surface area contributed by atoms with Gasteiger partial charge in [0.15, 0.2) is 5.11 Å². The number of nitrogens with one attached hydrogen (secondary N) is 1. The number of thiocarbonyl (C=S) groups is 1. The Kier molecular flexibility index (Phi) is 7.88. The van der Waals surface area contributed by atoms with E-state index in [0.717, 1.165) is 17.2 Å². The van der Waals surface area contributed by atoms with Crippen LogP contribution in [0.3, 0.4) is 0 Å². The van der Waals surface area contributed by atoms with Crippen LogP contribution in [-0.4, -0.2) is 32.6 Å². The van der Waals surface area contributed by atoms with E-state index in [-0.39, 0.29) is 17.8 Å². The Hall–Kier alpha value is -3.78. The van der Waals surface area contributed by atoms with E-state index in [1.165, 1.54) is 12.1 Å². The van der Waals surface area contributed by atoms with Gasteiger partial charge in [-0.1, -0.05) is 60.7 Å². The molecule has 8 heteroatoms. The highest BCUT2D eigenvalue weighted by Gasteiger charge is 2.20. The van der Waals surface area contributed by atoms with Gasteiger partial charge in [0.2, 0.25) is 0 Å². The van der Waals surface area contributed by atoms with Gasteiger partial charge in [-0.3, -0.25) is 10.1 Å². The SMILES string of the molecule is O=C(O)c1ccc(CN(CCc2ccccc2)C(=S)NCc2ccccc2)c([N+](=O)[O-])c1. The molecule has 0 spiro atoms. The highest BCUT2D eigenvalue weighted by Crippen LogP contribution is 2.22. The van der Waals surface area contributed by atoms with E-state index in [2.05, 4.69) is 5.32 Å². The molecule has 0 radical (unpaired) electrons. The van der Waals surface area contributed by atoms with E-state index in [1.807, 2.05) is 65.6 Å². The maximum absolute atomic E-state index is 11.6. The molecule has 0 bridgehead atoms. The predicted octanol–water partition coefficient (Wildman–Crippen LogP) is 4.41. The van der Waals surface area contributed by atoms with E-state index in [0.29, 0.717) is 30.2 Å². The van der Waals surface area contributed by atoms with Crippen molar-refractivity contribution < 1.29 is 14.8 Å². The fraction of sp³-hybridized carbons (Fsp3) is 0.167. The summed E-state index contributed by atoms with van der Waals surface area (Å²) in [7, 11) is 0. The van der Waals surface area contributed by atoms with Crippen molar-refractivity contribution >= 4 is 29.0 Å². The maximum atomic E-state index is 11.6. The normalized spacial score (nSPS) is 10.4. The number of carboxylic acid groups (broad SMARTS) is 1. The monoisotopic (exact) mass is 449 g/mol. The molecule has 3 aromatic rings. The van der Waals surface area contributed by atoms with Gasteiger partial charge in [0.05, 0.1) is 17.0 Å². The van der Waals surface area contributed by atoms with Crippen molar-refractivity contribution in [3.05, 3.63) is 111 Å². The average Bonchev–Trinajstić information content (AvgIpc) is 2.81. The molecule has 3 rings (SSSR count). The van der Waals surface area contributed by atoms with Crippen LogP contribution < -0.4 is 5.32 Å². The summed E-state index contributed by atoms with van der Waals surface area (Å²) in [4.78, 5) is 24.1. The summed E-state index contributed by atoms with van der Waals surface area (Å²) >= 11 is 5.62. The summed E-state index contributed by atoms with van der Waals surface area (Å²) in [6.45, 7) is 1.26. The molecule has 0 amide bonds. The number of carboxylic acids is 1. The van der Waals surface area contributed by atoms with Gasteiger partial charge in [-0.25, -0.2) is 4.79 Å². The second-order valence-electron chi connectivity index (χ2n) is 7.21. The molecule has 0 atom stereocenters. The highest BCUT2D eigenvalue weighted by atomic mass is 32.1. The summed E-state index contributed by atoms with van der Waals surface area (Å²) < 4.78 is 0.